The fourth-order valence-electron chi connectivity index (χ4n) is 1.94. The molecule has 1 aromatic rings. The minimum absolute atomic E-state index is 0.0946. The maximum Gasteiger partial charge on any atom is 0.270 e. The van der Waals surface area contributed by atoms with Crippen LogP contribution >= 0.6 is 0 Å². The fourth-order valence-corrected chi connectivity index (χ4v) is 1.94. The summed E-state index contributed by atoms with van der Waals surface area (Å²) >= 11 is 0. The first-order valence-corrected chi connectivity index (χ1v) is 6.85. The lowest BCUT2D eigenvalue weighted by Gasteiger charge is -2.22. The number of likely N-dealkylation sites (N-methyl/N-ethyl adjacent to an activating group) is 1. The van der Waals surface area contributed by atoms with Crippen molar-refractivity contribution in [2.24, 2.45) is 0 Å². The number of amides is 1. The van der Waals surface area contributed by atoms with E-state index in [1.165, 1.54) is 12.1 Å². The summed E-state index contributed by atoms with van der Waals surface area (Å²) in [6.45, 7) is 5.76. The van der Waals surface area contributed by atoms with Gasteiger partial charge >= 0.3 is 0 Å². The van der Waals surface area contributed by atoms with Gasteiger partial charge in [0.25, 0.3) is 11.6 Å². The van der Waals surface area contributed by atoms with Crippen LogP contribution in [-0.4, -0.2) is 49.1 Å². The lowest BCUT2D eigenvalue weighted by atomic mass is 10.1. The molecule has 0 atom stereocenters. The Bertz CT molecular complexity index is 505. The van der Waals surface area contributed by atoms with Crippen molar-refractivity contribution in [2.75, 3.05) is 38.7 Å². The number of non-ortho nitro benzene ring substituents is 1. The third kappa shape index (κ3) is 4.42. The number of nitro benzene ring substituents is 1. The zero-order valence-electron chi connectivity index (χ0n) is 12.6. The minimum Gasteiger partial charge on any atom is -0.385 e. The third-order valence-corrected chi connectivity index (χ3v) is 3.05. The smallest absolute Gasteiger partial charge is 0.270 e. The van der Waals surface area contributed by atoms with Crippen molar-refractivity contribution < 1.29 is 14.5 Å². The zero-order valence-corrected chi connectivity index (χ0v) is 12.6. The maximum absolute atomic E-state index is 12.6. The number of hydrogen-bond acceptors (Lipinski definition) is 5. The van der Waals surface area contributed by atoms with Crippen LogP contribution in [0.25, 0.3) is 0 Å². The Morgan fingerprint density at radius 2 is 2.14 bits per heavy atom. The average Bonchev–Trinajstić information content (AvgIpc) is 2.48. The van der Waals surface area contributed by atoms with Gasteiger partial charge in [-0.15, -0.1) is 0 Å². The molecule has 0 bridgehead atoms. The van der Waals surface area contributed by atoms with Gasteiger partial charge in [0.2, 0.25) is 0 Å². The molecule has 1 amide bonds. The van der Waals surface area contributed by atoms with Crippen LogP contribution in [0.15, 0.2) is 18.2 Å². The number of benzene rings is 1. The van der Waals surface area contributed by atoms with E-state index in [9.17, 15) is 14.9 Å². The van der Waals surface area contributed by atoms with Crippen LogP contribution in [0.5, 0.6) is 0 Å². The van der Waals surface area contributed by atoms with Crippen LogP contribution < -0.4 is 5.32 Å². The van der Waals surface area contributed by atoms with Gasteiger partial charge in [0.05, 0.1) is 17.1 Å². The molecule has 7 heteroatoms. The number of anilines is 1. The summed E-state index contributed by atoms with van der Waals surface area (Å²) < 4.78 is 4.98. The van der Waals surface area contributed by atoms with Gasteiger partial charge in [0.15, 0.2) is 0 Å². The second-order valence-electron chi connectivity index (χ2n) is 4.39. The van der Waals surface area contributed by atoms with E-state index >= 15 is 0 Å². The van der Waals surface area contributed by atoms with Gasteiger partial charge in [-0.2, -0.15) is 0 Å². The number of nitro groups is 1. The average molecular weight is 295 g/mol. The Balaban J connectivity index is 3.13. The van der Waals surface area contributed by atoms with Crippen LogP contribution in [0.1, 0.15) is 24.2 Å². The number of methoxy groups -OCH3 is 1. The standard InChI is InChI=1S/C14H21N3O4/c1-4-15-13-7-6-11(17(19)20)10-12(13)14(18)16(5-2)8-9-21-3/h6-7,10,15H,4-5,8-9H2,1-3H3. The lowest BCUT2D eigenvalue weighted by Crippen LogP contribution is -2.34. The number of nitrogens with zero attached hydrogens (tertiary/aromatic N) is 2. The molecule has 0 aliphatic carbocycles. The summed E-state index contributed by atoms with van der Waals surface area (Å²) in [6.07, 6.45) is 0. The van der Waals surface area contributed by atoms with Crippen LogP contribution in [0.2, 0.25) is 0 Å². The highest BCUT2D eigenvalue weighted by Gasteiger charge is 2.20. The van der Waals surface area contributed by atoms with Crippen LogP contribution in [0.4, 0.5) is 11.4 Å². The van der Waals surface area contributed by atoms with E-state index in [1.54, 1.807) is 18.1 Å². The van der Waals surface area contributed by atoms with Gasteiger partial charge in [0.1, 0.15) is 0 Å². The first-order chi connectivity index (χ1) is 10.0. The van der Waals surface area contributed by atoms with Crippen molar-refractivity contribution in [1.29, 1.82) is 0 Å². The quantitative estimate of drug-likeness (QED) is 0.586. The molecule has 0 saturated heterocycles. The molecule has 0 unspecified atom stereocenters. The van der Waals surface area contributed by atoms with Crippen LogP contribution in [0.3, 0.4) is 0 Å². The Kier molecular flexibility index (Phi) is 6.61. The van der Waals surface area contributed by atoms with E-state index in [0.717, 1.165) is 0 Å². The highest BCUT2D eigenvalue weighted by molar-refractivity contribution is 6.00. The predicted octanol–water partition coefficient (Wildman–Crippen LogP) is 2.14. The van der Waals surface area contributed by atoms with Gasteiger partial charge in [-0.25, -0.2) is 0 Å². The van der Waals surface area contributed by atoms with Crippen molar-refractivity contribution in [3.05, 3.63) is 33.9 Å². The van der Waals surface area contributed by atoms with Crippen molar-refractivity contribution in [1.82, 2.24) is 4.90 Å². The molecule has 0 aliphatic heterocycles. The number of nitrogens with one attached hydrogen (secondary N) is 1. The third-order valence-electron chi connectivity index (χ3n) is 3.05. The van der Waals surface area contributed by atoms with Gasteiger partial charge in [0, 0.05) is 44.6 Å². The van der Waals surface area contributed by atoms with E-state index in [-0.39, 0.29) is 11.6 Å². The number of ether oxygens (including phenoxy) is 1. The number of rotatable bonds is 8. The molecule has 1 N–H and O–H groups in total. The van der Waals surface area contributed by atoms with Crippen LogP contribution in [-0.2, 0) is 4.74 Å². The Hall–Kier alpha value is -2.15. The monoisotopic (exact) mass is 295 g/mol. The largest absolute Gasteiger partial charge is 0.385 e. The molecule has 0 fully saturated rings. The van der Waals surface area contributed by atoms with Crippen molar-refractivity contribution in [2.45, 2.75) is 13.8 Å². The number of carbonyl (C=O) groups is 1. The predicted molar refractivity (Wildman–Crippen MR) is 80.7 cm³/mol. The second-order valence-corrected chi connectivity index (χ2v) is 4.39. The first kappa shape index (κ1) is 16.9. The van der Waals surface area contributed by atoms with Crippen LogP contribution in [0, 0.1) is 10.1 Å². The molecular weight excluding hydrogens is 274 g/mol. The topological polar surface area (TPSA) is 84.7 Å². The second kappa shape index (κ2) is 8.21. The van der Waals surface area contributed by atoms with E-state index in [1.807, 2.05) is 13.8 Å². The Morgan fingerprint density at radius 3 is 2.67 bits per heavy atom. The highest BCUT2D eigenvalue weighted by Crippen LogP contribution is 2.23. The Morgan fingerprint density at radius 1 is 1.43 bits per heavy atom. The molecule has 0 radical (unpaired) electrons. The zero-order chi connectivity index (χ0) is 15.8. The van der Waals surface area contributed by atoms with Gasteiger partial charge in [-0.1, -0.05) is 0 Å². The van der Waals surface area contributed by atoms with Crippen molar-refractivity contribution in [3.8, 4) is 0 Å². The van der Waals surface area contributed by atoms with E-state index in [4.69, 9.17) is 4.74 Å². The van der Waals surface area contributed by atoms with Gasteiger partial charge in [-0.05, 0) is 19.9 Å². The van der Waals surface area contributed by atoms with E-state index < -0.39 is 4.92 Å². The lowest BCUT2D eigenvalue weighted by molar-refractivity contribution is -0.384. The molecule has 1 aromatic carbocycles. The summed E-state index contributed by atoms with van der Waals surface area (Å²) in [6, 6.07) is 4.27. The molecule has 0 spiro atoms. The maximum atomic E-state index is 12.6. The number of carbonyl (C=O) groups excluding carboxylic acids is 1. The normalized spacial score (nSPS) is 10.2. The molecule has 0 aromatic heterocycles. The van der Waals surface area contributed by atoms with E-state index in [2.05, 4.69) is 5.32 Å². The summed E-state index contributed by atoms with van der Waals surface area (Å²) in [5, 5.41) is 14.0. The summed E-state index contributed by atoms with van der Waals surface area (Å²) in [5.74, 6) is -0.241. The summed E-state index contributed by atoms with van der Waals surface area (Å²) in [5.41, 5.74) is 0.816. The van der Waals surface area contributed by atoms with Crippen molar-refractivity contribution >= 4 is 17.3 Å². The molecule has 0 saturated carbocycles. The summed E-state index contributed by atoms with van der Waals surface area (Å²) in [7, 11) is 1.57. The van der Waals surface area contributed by atoms with Crippen molar-refractivity contribution in [3.63, 3.8) is 0 Å². The molecule has 0 heterocycles. The van der Waals surface area contributed by atoms with Gasteiger partial charge in [-0.3, -0.25) is 14.9 Å². The minimum atomic E-state index is -0.502. The summed E-state index contributed by atoms with van der Waals surface area (Å²) in [4.78, 5) is 24.6. The number of hydrogen-bond donors (Lipinski definition) is 1. The molecular formula is C14H21N3O4. The molecule has 116 valence electrons. The molecule has 1 rings (SSSR count). The van der Waals surface area contributed by atoms with E-state index in [0.29, 0.717) is 37.5 Å². The Labute approximate surface area is 124 Å². The first-order valence-electron chi connectivity index (χ1n) is 6.85. The molecule has 0 aliphatic rings. The molecule has 7 nitrogen and oxygen atoms in total. The highest BCUT2D eigenvalue weighted by atomic mass is 16.6. The fraction of sp³-hybridized carbons (Fsp3) is 0.500. The molecule has 21 heavy (non-hydrogen) atoms. The SMILES string of the molecule is CCNc1ccc([N+](=O)[O-])cc1C(=O)N(CC)CCOC. The van der Waals surface area contributed by atoms with Gasteiger partial charge < -0.3 is 15.0 Å².